The molecule has 0 bridgehead atoms. The number of hydrogen-bond acceptors (Lipinski definition) is 1. The van der Waals surface area contributed by atoms with E-state index in [2.05, 4.69) is 81.5 Å². The van der Waals surface area contributed by atoms with Gasteiger partial charge in [-0.2, -0.15) is 0 Å². The highest BCUT2D eigenvalue weighted by Crippen LogP contribution is 2.22. The summed E-state index contributed by atoms with van der Waals surface area (Å²) in [7, 11) is 0. The second-order valence-corrected chi connectivity index (χ2v) is 7.53. The molecule has 1 atom stereocenters. The van der Waals surface area contributed by atoms with Crippen LogP contribution in [-0.4, -0.2) is 5.91 Å². The Labute approximate surface area is 152 Å². The van der Waals surface area contributed by atoms with Gasteiger partial charge in [-0.1, -0.05) is 76.2 Å². The predicted molar refractivity (Wildman–Crippen MR) is 107 cm³/mol. The molecular formula is C23H29NO. The number of nitrogens with one attached hydrogen (secondary N) is 1. The molecule has 0 unspecified atom stereocenters. The van der Waals surface area contributed by atoms with Gasteiger partial charge in [0.1, 0.15) is 0 Å². The van der Waals surface area contributed by atoms with Crippen molar-refractivity contribution in [2.45, 2.75) is 52.5 Å². The topological polar surface area (TPSA) is 29.1 Å². The van der Waals surface area contributed by atoms with Crippen molar-refractivity contribution in [3.8, 4) is 0 Å². The van der Waals surface area contributed by atoms with Gasteiger partial charge in [0.2, 0.25) is 5.91 Å². The Balaban J connectivity index is 1.95. The monoisotopic (exact) mass is 335 g/mol. The van der Waals surface area contributed by atoms with Crippen LogP contribution in [0.3, 0.4) is 0 Å². The van der Waals surface area contributed by atoms with E-state index in [1.807, 2.05) is 13.0 Å². The van der Waals surface area contributed by atoms with Gasteiger partial charge in [0, 0.05) is 6.08 Å². The summed E-state index contributed by atoms with van der Waals surface area (Å²) in [5.41, 5.74) is 4.89. The summed E-state index contributed by atoms with van der Waals surface area (Å²) in [5.74, 6) is -0.0769. The van der Waals surface area contributed by atoms with Crippen LogP contribution in [-0.2, 0) is 16.6 Å². The molecule has 2 nitrogen and oxygen atoms in total. The van der Waals surface area contributed by atoms with E-state index in [1.54, 1.807) is 6.08 Å². The van der Waals surface area contributed by atoms with E-state index in [0.29, 0.717) is 0 Å². The van der Waals surface area contributed by atoms with Gasteiger partial charge in [-0.05, 0) is 47.1 Å². The molecule has 0 aliphatic heterocycles. The lowest BCUT2D eigenvalue weighted by Gasteiger charge is -2.18. The first-order valence-electron chi connectivity index (χ1n) is 8.97. The van der Waals surface area contributed by atoms with Crippen molar-refractivity contribution < 1.29 is 4.79 Å². The Bertz CT molecular complexity index is 718. The zero-order valence-corrected chi connectivity index (χ0v) is 16.0. The Kier molecular flexibility index (Phi) is 6.19. The molecule has 0 aliphatic carbocycles. The molecule has 0 saturated heterocycles. The molecule has 0 heterocycles. The molecule has 2 aromatic rings. The lowest BCUT2D eigenvalue weighted by atomic mass is 9.87. The van der Waals surface area contributed by atoms with E-state index in [0.717, 1.165) is 17.5 Å². The fourth-order valence-electron chi connectivity index (χ4n) is 2.65. The van der Waals surface area contributed by atoms with Gasteiger partial charge >= 0.3 is 0 Å². The second kappa shape index (κ2) is 8.15. The molecule has 0 aromatic heterocycles. The molecule has 2 aromatic carbocycles. The third kappa shape index (κ3) is 5.60. The minimum absolute atomic E-state index is 0.00803. The quantitative estimate of drug-likeness (QED) is 0.725. The van der Waals surface area contributed by atoms with Crippen molar-refractivity contribution in [2.75, 3.05) is 0 Å². The van der Waals surface area contributed by atoms with E-state index in [1.165, 1.54) is 11.1 Å². The van der Waals surface area contributed by atoms with E-state index in [9.17, 15) is 4.79 Å². The molecule has 25 heavy (non-hydrogen) atoms. The third-order valence-corrected chi connectivity index (χ3v) is 4.45. The number of amides is 1. The third-order valence-electron chi connectivity index (χ3n) is 4.45. The molecule has 0 fully saturated rings. The molecule has 0 spiro atoms. The number of carbonyl (C=O) groups is 1. The van der Waals surface area contributed by atoms with Gasteiger partial charge in [0.25, 0.3) is 0 Å². The van der Waals surface area contributed by atoms with Crippen LogP contribution in [0.1, 0.15) is 62.9 Å². The fraction of sp³-hybridized carbons (Fsp3) is 0.348. The van der Waals surface area contributed by atoms with Crippen molar-refractivity contribution in [1.29, 1.82) is 0 Å². The lowest BCUT2D eigenvalue weighted by Crippen LogP contribution is -2.24. The van der Waals surface area contributed by atoms with Crippen LogP contribution in [0, 0.1) is 0 Å². The van der Waals surface area contributed by atoms with Crippen LogP contribution in [0.5, 0.6) is 0 Å². The van der Waals surface area contributed by atoms with Gasteiger partial charge in [-0.25, -0.2) is 0 Å². The van der Waals surface area contributed by atoms with Crippen molar-refractivity contribution in [3.05, 3.63) is 76.9 Å². The van der Waals surface area contributed by atoms with E-state index >= 15 is 0 Å². The van der Waals surface area contributed by atoms with Crippen LogP contribution in [0.4, 0.5) is 0 Å². The Hall–Kier alpha value is -2.35. The molecule has 1 N–H and O–H groups in total. The Morgan fingerprint density at radius 2 is 1.64 bits per heavy atom. The standard InChI is InChI=1S/C23H29NO/c1-6-18-7-12-20(13-8-18)17(2)24-22(25)16-11-19-9-14-21(15-10-19)23(3,4)5/h7-17H,6H2,1-5H3,(H,24,25)/b16-11+/t17-/m1/s1. The first-order valence-corrected chi connectivity index (χ1v) is 8.97. The highest BCUT2D eigenvalue weighted by Gasteiger charge is 2.12. The Morgan fingerprint density at radius 3 is 2.16 bits per heavy atom. The van der Waals surface area contributed by atoms with Gasteiger partial charge in [-0.15, -0.1) is 0 Å². The molecular weight excluding hydrogens is 306 g/mol. The number of benzene rings is 2. The first-order chi connectivity index (χ1) is 11.8. The average Bonchev–Trinajstić information content (AvgIpc) is 2.59. The van der Waals surface area contributed by atoms with Crippen LogP contribution in [0.2, 0.25) is 0 Å². The van der Waals surface area contributed by atoms with Gasteiger partial charge in [-0.3, -0.25) is 4.79 Å². The molecule has 1 amide bonds. The zero-order valence-electron chi connectivity index (χ0n) is 16.0. The van der Waals surface area contributed by atoms with Crippen LogP contribution in [0.25, 0.3) is 6.08 Å². The van der Waals surface area contributed by atoms with Crippen LogP contribution >= 0.6 is 0 Å². The molecule has 0 aliphatic rings. The maximum absolute atomic E-state index is 12.2. The highest BCUT2D eigenvalue weighted by atomic mass is 16.1. The maximum atomic E-state index is 12.2. The second-order valence-electron chi connectivity index (χ2n) is 7.53. The molecule has 2 rings (SSSR count). The SMILES string of the molecule is CCc1ccc([C@@H](C)NC(=O)/C=C/c2ccc(C(C)(C)C)cc2)cc1. The van der Waals surface area contributed by atoms with E-state index < -0.39 is 0 Å². The number of aryl methyl sites for hydroxylation is 1. The van der Waals surface area contributed by atoms with Crippen molar-refractivity contribution in [3.63, 3.8) is 0 Å². The summed E-state index contributed by atoms with van der Waals surface area (Å²) in [6.07, 6.45) is 4.48. The highest BCUT2D eigenvalue weighted by molar-refractivity contribution is 5.91. The average molecular weight is 335 g/mol. The summed E-state index contributed by atoms with van der Waals surface area (Å²) >= 11 is 0. The first kappa shape index (κ1) is 19.0. The summed E-state index contributed by atoms with van der Waals surface area (Å²) in [4.78, 5) is 12.2. The zero-order chi connectivity index (χ0) is 18.4. The molecule has 132 valence electrons. The number of rotatable bonds is 5. The fourth-order valence-corrected chi connectivity index (χ4v) is 2.65. The van der Waals surface area contributed by atoms with E-state index in [-0.39, 0.29) is 17.4 Å². The van der Waals surface area contributed by atoms with Gasteiger partial charge in [0.05, 0.1) is 6.04 Å². The lowest BCUT2D eigenvalue weighted by molar-refractivity contribution is -0.117. The van der Waals surface area contributed by atoms with Crippen LogP contribution in [0.15, 0.2) is 54.6 Å². The molecule has 0 radical (unpaired) electrons. The number of carbonyl (C=O) groups excluding carboxylic acids is 1. The van der Waals surface area contributed by atoms with E-state index in [4.69, 9.17) is 0 Å². The summed E-state index contributed by atoms with van der Waals surface area (Å²) in [5, 5.41) is 3.01. The number of hydrogen-bond donors (Lipinski definition) is 1. The Morgan fingerprint density at radius 1 is 1.04 bits per heavy atom. The van der Waals surface area contributed by atoms with Crippen LogP contribution < -0.4 is 5.32 Å². The maximum Gasteiger partial charge on any atom is 0.244 e. The van der Waals surface area contributed by atoms with Gasteiger partial charge < -0.3 is 5.32 Å². The predicted octanol–water partition coefficient (Wildman–Crippen LogP) is 5.44. The minimum atomic E-state index is -0.0769. The van der Waals surface area contributed by atoms with Crippen molar-refractivity contribution >= 4 is 12.0 Å². The normalized spacial score (nSPS) is 13.0. The summed E-state index contributed by atoms with van der Waals surface area (Å²) in [6, 6.07) is 16.7. The largest absolute Gasteiger partial charge is 0.346 e. The summed E-state index contributed by atoms with van der Waals surface area (Å²) < 4.78 is 0. The summed E-state index contributed by atoms with van der Waals surface area (Å²) in [6.45, 7) is 10.7. The molecule has 2 heteroatoms. The van der Waals surface area contributed by atoms with Crippen molar-refractivity contribution in [1.82, 2.24) is 5.32 Å². The van der Waals surface area contributed by atoms with Crippen molar-refractivity contribution in [2.24, 2.45) is 0 Å². The minimum Gasteiger partial charge on any atom is -0.346 e. The van der Waals surface area contributed by atoms with Gasteiger partial charge in [0.15, 0.2) is 0 Å². The smallest absolute Gasteiger partial charge is 0.244 e. The molecule has 0 saturated carbocycles.